The fraction of sp³-hybridized carbons (Fsp3) is 0.242. The third-order valence-electron chi connectivity index (χ3n) is 6.41. The van der Waals surface area contributed by atoms with Gasteiger partial charge in [0.15, 0.2) is 5.44 Å². The van der Waals surface area contributed by atoms with Crippen LogP contribution in [0.4, 0.5) is 0 Å². The molecule has 1 heterocycles. The third-order valence-corrected chi connectivity index (χ3v) is 7.52. The number of hydrogen-bond donors (Lipinski definition) is 0. The van der Waals surface area contributed by atoms with E-state index in [1.54, 1.807) is 0 Å². The van der Waals surface area contributed by atoms with Crippen molar-refractivity contribution in [2.24, 2.45) is 0 Å². The lowest BCUT2D eigenvalue weighted by molar-refractivity contribution is -0.203. The number of ketones is 1. The molecule has 0 saturated carbocycles. The summed E-state index contributed by atoms with van der Waals surface area (Å²) in [5.74, 6) is -0.142. The lowest BCUT2D eigenvalue weighted by atomic mass is 10.0. The summed E-state index contributed by atoms with van der Waals surface area (Å²) in [6, 6.07) is 39.6. The Morgan fingerprint density at radius 3 is 1.67 bits per heavy atom. The molecule has 1 saturated heterocycles. The van der Waals surface area contributed by atoms with Crippen LogP contribution in [0, 0.1) is 0 Å². The monoisotopic (exact) mass is 540 g/mol. The van der Waals surface area contributed by atoms with Gasteiger partial charge in [0, 0.05) is 4.90 Å². The summed E-state index contributed by atoms with van der Waals surface area (Å²) < 4.78 is 25.2. The van der Waals surface area contributed by atoms with Crippen LogP contribution in [0.25, 0.3) is 0 Å². The van der Waals surface area contributed by atoms with Crippen molar-refractivity contribution in [3.8, 4) is 0 Å². The van der Waals surface area contributed by atoms with E-state index in [4.69, 9.17) is 18.9 Å². The lowest BCUT2D eigenvalue weighted by Crippen LogP contribution is -2.57. The van der Waals surface area contributed by atoms with Crippen LogP contribution in [-0.2, 0) is 43.6 Å². The van der Waals surface area contributed by atoms with Crippen molar-refractivity contribution in [3.63, 3.8) is 0 Å². The number of thioether (sulfide) groups is 1. The Hall–Kier alpha value is -3.26. The number of benzene rings is 4. The van der Waals surface area contributed by atoms with Crippen LogP contribution in [-0.4, -0.2) is 36.1 Å². The number of rotatable bonds is 12. The van der Waals surface area contributed by atoms with Crippen LogP contribution in [0.3, 0.4) is 0 Å². The number of ether oxygens (including phenoxy) is 4. The third kappa shape index (κ3) is 7.88. The van der Waals surface area contributed by atoms with Gasteiger partial charge in [-0.2, -0.15) is 0 Å². The maximum absolute atomic E-state index is 13.8. The highest BCUT2D eigenvalue weighted by Gasteiger charge is 2.47. The van der Waals surface area contributed by atoms with Gasteiger partial charge in [0.2, 0.25) is 5.78 Å². The summed E-state index contributed by atoms with van der Waals surface area (Å²) in [7, 11) is 0. The van der Waals surface area contributed by atoms with Crippen molar-refractivity contribution in [2.75, 3.05) is 6.61 Å². The molecule has 0 N–H and O–H groups in total. The minimum Gasteiger partial charge on any atom is -0.374 e. The maximum atomic E-state index is 13.8. The summed E-state index contributed by atoms with van der Waals surface area (Å²) in [4.78, 5) is 14.8. The number of carbonyl (C=O) groups is 1. The minimum absolute atomic E-state index is 0.142. The van der Waals surface area contributed by atoms with E-state index in [0.29, 0.717) is 19.8 Å². The molecule has 1 aliphatic heterocycles. The van der Waals surface area contributed by atoms with E-state index in [1.807, 2.05) is 121 Å². The normalized spacial score (nSPS) is 21.1. The molecule has 1 fully saturated rings. The Morgan fingerprint density at radius 1 is 0.615 bits per heavy atom. The highest BCUT2D eigenvalue weighted by Crippen LogP contribution is 2.34. The van der Waals surface area contributed by atoms with E-state index in [2.05, 4.69) is 0 Å². The van der Waals surface area contributed by atoms with Crippen molar-refractivity contribution < 1.29 is 23.7 Å². The predicted octanol–water partition coefficient (Wildman–Crippen LogP) is 6.46. The molecule has 4 aromatic carbocycles. The van der Waals surface area contributed by atoms with Crippen LogP contribution < -0.4 is 0 Å². The predicted molar refractivity (Wildman–Crippen MR) is 152 cm³/mol. The van der Waals surface area contributed by atoms with Crippen molar-refractivity contribution in [1.29, 1.82) is 0 Å². The first-order chi connectivity index (χ1) is 19.3. The maximum Gasteiger partial charge on any atom is 0.203 e. The molecular formula is C33H32O5S. The topological polar surface area (TPSA) is 54.0 Å². The molecule has 6 heteroatoms. The number of Topliss-reactive ketones (excluding diaryl/α,β-unsaturated/α-hetero) is 1. The Morgan fingerprint density at radius 2 is 1.10 bits per heavy atom. The summed E-state index contributed by atoms with van der Waals surface area (Å²) in [5.41, 5.74) is 2.33. The first-order valence-electron chi connectivity index (χ1n) is 13.1. The molecule has 0 aromatic heterocycles. The van der Waals surface area contributed by atoms with Gasteiger partial charge < -0.3 is 18.9 Å². The molecule has 5 nitrogen and oxygen atoms in total. The Labute approximate surface area is 234 Å². The number of carbonyl (C=O) groups excluding carboxylic acids is 1. The zero-order valence-corrected chi connectivity index (χ0v) is 22.5. The van der Waals surface area contributed by atoms with E-state index in [0.717, 1.165) is 21.6 Å². The van der Waals surface area contributed by atoms with Gasteiger partial charge >= 0.3 is 0 Å². The summed E-state index contributed by atoms with van der Waals surface area (Å²) in [6.45, 7) is 1.33. The molecule has 0 spiro atoms. The van der Waals surface area contributed by atoms with Crippen molar-refractivity contribution in [1.82, 2.24) is 0 Å². The Balaban J connectivity index is 1.37. The van der Waals surface area contributed by atoms with E-state index in [1.165, 1.54) is 11.8 Å². The highest BCUT2D eigenvalue weighted by atomic mass is 32.2. The average molecular weight is 541 g/mol. The SMILES string of the molecule is O=C1[C@@H](OCc2ccccc2)[C@H](OCc2ccccc2)[C@@H](COCc2ccccc2)O[C@H]1Sc1ccccc1. The fourth-order valence-electron chi connectivity index (χ4n) is 4.40. The first-order valence-corrected chi connectivity index (χ1v) is 14.0. The molecule has 0 aliphatic carbocycles. The summed E-state index contributed by atoms with van der Waals surface area (Å²) >= 11 is 1.39. The Kier molecular flexibility index (Phi) is 9.96. The smallest absolute Gasteiger partial charge is 0.203 e. The molecule has 39 heavy (non-hydrogen) atoms. The highest BCUT2D eigenvalue weighted by molar-refractivity contribution is 8.00. The van der Waals surface area contributed by atoms with Gasteiger partial charge in [-0.15, -0.1) is 0 Å². The fourth-order valence-corrected chi connectivity index (χ4v) is 5.41. The molecule has 0 radical (unpaired) electrons. The molecular weight excluding hydrogens is 508 g/mol. The quantitative estimate of drug-likeness (QED) is 0.206. The van der Waals surface area contributed by atoms with Crippen LogP contribution in [0.15, 0.2) is 126 Å². The lowest BCUT2D eigenvalue weighted by Gasteiger charge is -2.40. The molecule has 4 atom stereocenters. The summed E-state index contributed by atoms with van der Waals surface area (Å²) in [5, 5.41) is 0. The molecule has 4 aromatic rings. The molecule has 200 valence electrons. The molecule has 0 unspecified atom stereocenters. The van der Waals surface area contributed by atoms with E-state index in [9.17, 15) is 4.79 Å². The second-order valence-corrected chi connectivity index (χ2v) is 10.5. The standard InChI is InChI=1S/C33H32O5S/c34-30-32(37-23-27-17-9-3-10-18-27)31(36-22-26-15-7-2-8-16-26)29(24-35-21-25-13-5-1-6-14-25)38-33(30)39-28-19-11-4-12-20-28/h1-20,29,31-33H,21-24H2/t29-,31-,32-,33+/m1/s1. The molecule has 0 amide bonds. The molecule has 1 aliphatic rings. The van der Waals surface area contributed by atoms with Crippen LogP contribution in [0.5, 0.6) is 0 Å². The largest absolute Gasteiger partial charge is 0.374 e. The molecule has 5 rings (SSSR count). The zero-order valence-electron chi connectivity index (χ0n) is 21.6. The van der Waals surface area contributed by atoms with Gasteiger partial charge in [-0.1, -0.05) is 121 Å². The van der Waals surface area contributed by atoms with Crippen LogP contribution >= 0.6 is 11.8 Å². The van der Waals surface area contributed by atoms with Crippen molar-refractivity contribution in [3.05, 3.63) is 138 Å². The zero-order chi connectivity index (χ0) is 26.7. The summed E-state index contributed by atoms with van der Waals surface area (Å²) in [6.07, 6.45) is -1.95. The van der Waals surface area contributed by atoms with Gasteiger partial charge in [0.1, 0.15) is 18.3 Å². The van der Waals surface area contributed by atoms with E-state index in [-0.39, 0.29) is 12.4 Å². The van der Waals surface area contributed by atoms with Gasteiger partial charge in [0.05, 0.1) is 26.4 Å². The van der Waals surface area contributed by atoms with E-state index >= 15 is 0 Å². The van der Waals surface area contributed by atoms with E-state index < -0.39 is 23.7 Å². The second kappa shape index (κ2) is 14.2. The minimum atomic E-state index is -0.811. The van der Waals surface area contributed by atoms with Crippen molar-refractivity contribution in [2.45, 2.75) is 48.5 Å². The Bertz CT molecular complexity index is 1270. The van der Waals surface area contributed by atoms with Crippen LogP contribution in [0.2, 0.25) is 0 Å². The van der Waals surface area contributed by atoms with Crippen molar-refractivity contribution >= 4 is 17.5 Å². The first kappa shape index (κ1) is 27.3. The van der Waals surface area contributed by atoms with Gasteiger partial charge in [-0.05, 0) is 28.8 Å². The van der Waals surface area contributed by atoms with Crippen LogP contribution in [0.1, 0.15) is 16.7 Å². The second-order valence-electron chi connectivity index (χ2n) is 9.32. The molecule has 0 bridgehead atoms. The van der Waals surface area contributed by atoms with Gasteiger partial charge in [0.25, 0.3) is 0 Å². The van der Waals surface area contributed by atoms with Gasteiger partial charge in [-0.25, -0.2) is 0 Å². The average Bonchev–Trinajstić information content (AvgIpc) is 2.99. The number of hydrogen-bond acceptors (Lipinski definition) is 6. The van der Waals surface area contributed by atoms with Gasteiger partial charge in [-0.3, -0.25) is 4.79 Å².